The molecule has 6 nitrogen and oxygen atoms in total. The predicted octanol–water partition coefficient (Wildman–Crippen LogP) is 4.99. The number of fused-ring (bicyclic) bond motifs is 1. The Hall–Kier alpha value is -2.51. The number of thioether (sulfide) groups is 1. The molecule has 0 amide bonds. The fourth-order valence-corrected chi connectivity index (χ4v) is 4.38. The second-order valence-corrected chi connectivity index (χ2v) is 8.27. The molecular formula is C22H27N5OS. The van der Waals surface area contributed by atoms with Gasteiger partial charge in [-0.3, -0.25) is 5.41 Å². The third-order valence-corrected chi connectivity index (χ3v) is 6.53. The molecule has 0 spiro atoms. The van der Waals surface area contributed by atoms with E-state index in [2.05, 4.69) is 15.3 Å². The van der Waals surface area contributed by atoms with Gasteiger partial charge in [0.1, 0.15) is 17.2 Å². The highest BCUT2D eigenvalue weighted by atomic mass is 32.2. The van der Waals surface area contributed by atoms with Crippen LogP contribution in [0.2, 0.25) is 0 Å². The number of nitrogens with one attached hydrogen (secondary N) is 3. The molecule has 7 heteroatoms. The van der Waals surface area contributed by atoms with Gasteiger partial charge in [-0.15, -0.1) is 0 Å². The minimum atomic E-state index is -0.774. The highest BCUT2D eigenvalue weighted by Gasteiger charge is 2.29. The highest BCUT2D eigenvalue weighted by Crippen LogP contribution is 2.44. The molecule has 0 unspecified atom stereocenters. The second kappa shape index (κ2) is 8.47. The number of aromatic nitrogens is 2. The summed E-state index contributed by atoms with van der Waals surface area (Å²) in [5, 5.41) is 30.6. The van der Waals surface area contributed by atoms with Crippen molar-refractivity contribution in [3.63, 3.8) is 0 Å². The van der Waals surface area contributed by atoms with Crippen molar-refractivity contribution < 1.29 is 5.11 Å². The maximum atomic E-state index is 10.7. The van der Waals surface area contributed by atoms with Crippen LogP contribution < -0.4 is 5.32 Å². The molecule has 1 aliphatic rings. The van der Waals surface area contributed by atoms with Crippen molar-refractivity contribution in [3.05, 3.63) is 53.0 Å². The number of aliphatic hydroxyl groups is 1. The lowest BCUT2D eigenvalue weighted by molar-refractivity contribution is 0.0284. The van der Waals surface area contributed by atoms with Gasteiger partial charge >= 0.3 is 0 Å². The number of benzene rings is 1. The lowest BCUT2D eigenvalue weighted by atomic mass is 9.88. The molecule has 2 heterocycles. The number of allylic oxidation sites excluding steroid dienone is 1. The van der Waals surface area contributed by atoms with Gasteiger partial charge in [0.15, 0.2) is 0 Å². The molecule has 3 rings (SSSR count). The zero-order chi connectivity index (χ0) is 21.2. The topological polar surface area (TPSA) is 106 Å². The molecule has 1 aromatic carbocycles. The fraction of sp³-hybridized carbons (Fsp3) is 0.364. The maximum Gasteiger partial charge on any atom is 0.144 e. The normalized spacial score (nSPS) is 15.3. The molecule has 29 heavy (non-hydrogen) atoms. The van der Waals surface area contributed by atoms with Crippen molar-refractivity contribution in [3.8, 4) is 0 Å². The average Bonchev–Trinajstić information content (AvgIpc) is 3.07. The molecule has 0 atom stereocenters. The summed E-state index contributed by atoms with van der Waals surface area (Å²) in [5.41, 5.74) is 3.87. The van der Waals surface area contributed by atoms with Crippen molar-refractivity contribution in [1.82, 2.24) is 9.97 Å². The van der Waals surface area contributed by atoms with Crippen LogP contribution in [0.5, 0.6) is 0 Å². The van der Waals surface area contributed by atoms with E-state index in [-0.39, 0.29) is 0 Å². The number of hydrogen-bond donors (Lipinski definition) is 4. The smallest absolute Gasteiger partial charge is 0.144 e. The number of nitrogens with zero attached hydrogens (tertiary/aromatic N) is 2. The van der Waals surface area contributed by atoms with E-state index >= 15 is 0 Å². The van der Waals surface area contributed by atoms with Crippen LogP contribution in [0.15, 0.2) is 41.1 Å². The lowest BCUT2D eigenvalue weighted by Crippen LogP contribution is -2.23. The Kier molecular flexibility index (Phi) is 6.19. The van der Waals surface area contributed by atoms with Crippen LogP contribution in [0, 0.1) is 10.8 Å². The number of hydrogen-bond acceptors (Lipinski definition) is 7. The Morgan fingerprint density at radius 1 is 1.14 bits per heavy atom. The van der Waals surface area contributed by atoms with Crippen molar-refractivity contribution in [2.24, 2.45) is 0 Å². The van der Waals surface area contributed by atoms with Crippen LogP contribution in [-0.2, 0) is 12.1 Å². The van der Waals surface area contributed by atoms with Crippen LogP contribution in [0.4, 0.5) is 5.82 Å². The second-order valence-electron chi connectivity index (χ2n) is 7.25. The standard InChI is InChI=1S/C22H27N5OS/c1-5-22(28,6-2)16-9-7-15(8-10-16)11-25-21-19-18(26-12-27-21)17(20(24)29-19)13(3)14(4)23/h7-10,12,23-24,28H,5-6,11H2,1-4H3,(H,25,26,27)/b17-13-,23-14?,24-20?. The van der Waals surface area contributed by atoms with Gasteiger partial charge in [-0.25, -0.2) is 9.97 Å². The zero-order valence-electron chi connectivity index (χ0n) is 17.3. The Morgan fingerprint density at radius 2 is 1.79 bits per heavy atom. The predicted molar refractivity (Wildman–Crippen MR) is 120 cm³/mol. The van der Waals surface area contributed by atoms with Gasteiger partial charge in [0.2, 0.25) is 0 Å². The molecule has 0 aliphatic carbocycles. The van der Waals surface area contributed by atoms with Crippen molar-refractivity contribution in [2.75, 3.05) is 5.32 Å². The zero-order valence-corrected chi connectivity index (χ0v) is 18.1. The van der Waals surface area contributed by atoms with Crippen LogP contribution in [0.25, 0.3) is 5.57 Å². The summed E-state index contributed by atoms with van der Waals surface area (Å²) in [7, 11) is 0. The Bertz CT molecular complexity index is 977. The van der Waals surface area contributed by atoms with E-state index in [0.29, 0.717) is 47.2 Å². The van der Waals surface area contributed by atoms with Gasteiger partial charge < -0.3 is 15.8 Å². The summed E-state index contributed by atoms with van der Waals surface area (Å²) < 4.78 is 0. The number of anilines is 1. The molecule has 152 valence electrons. The Morgan fingerprint density at radius 3 is 2.38 bits per heavy atom. The summed E-state index contributed by atoms with van der Waals surface area (Å²) in [6.07, 6.45) is 2.86. The first-order valence-electron chi connectivity index (χ1n) is 9.75. The molecule has 4 N–H and O–H groups in total. The van der Waals surface area contributed by atoms with Gasteiger partial charge in [0, 0.05) is 17.8 Å². The van der Waals surface area contributed by atoms with Crippen LogP contribution in [0.1, 0.15) is 57.4 Å². The molecular weight excluding hydrogens is 382 g/mol. The molecule has 0 saturated heterocycles. The van der Waals surface area contributed by atoms with Gasteiger partial charge in [-0.05, 0) is 43.4 Å². The minimum Gasteiger partial charge on any atom is -0.385 e. The molecule has 1 aliphatic heterocycles. The monoisotopic (exact) mass is 409 g/mol. The summed E-state index contributed by atoms with van der Waals surface area (Å²) >= 11 is 1.33. The average molecular weight is 410 g/mol. The first-order valence-corrected chi connectivity index (χ1v) is 10.6. The van der Waals surface area contributed by atoms with E-state index in [0.717, 1.165) is 21.6 Å². The van der Waals surface area contributed by atoms with Crippen molar-refractivity contribution in [2.45, 2.75) is 57.6 Å². The summed E-state index contributed by atoms with van der Waals surface area (Å²) in [6.45, 7) is 8.14. The third-order valence-electron chi connectivity index (χ3n) is 5.53. The van der Waals surface area contributed by atoms with Crippen LogP contribution in [0.3, 0.4) is 0 Å². The summed E-state index contributed by atoms with van der Waals surface area (Å²) in [6, 6.07) is 8.00. The molecule has 0 fully saturated rings. The Balaban J connectivity index is 1.81. The largest absolute Gasteiger partial charge is 0.385 e. The van der Waals surface area contributed by atoms with E-state index in [9.17, 15) is 5.11 Å². The molecule has 0 bridgehead atoms. The maximum absolute atomic E-state index is 10.7. The van der Waals surface area contributed by atoms with Crippen molar-refractivity contribution >= 4 is 33.9 Å². The molecule has 0 radical (unpaired) electrons. The first-order chi connectivity index (χ1) is 13.8. The van der Waals surface area contributed by atoms with E-state index in [1.54, 1.807) is 6.92 Å². The van der Waals surface area contributed by atoms with E-state index < -0.39 is 5.60 Å². The molecule has 0 saturated carbocycles. The highest BCUT2D eigenvalue weighted by molar-refractivity contribution is 8.15. The van der Waals surface area contributed by atoms with Gasteiger partial charge in [0.25, 0.3) is 0 Å². The quantitative estimate of drug-likeness (QED) is 0.482. The molecule has 2 aromatic rings. The van der Waals surface area contributed by atoms with Gasteiger partial charge in [-0.1, -0.05) is 49.9 Å². The van der Waals surface area contributed by atoms with Gasteiger partial charge in [-0.2, -0.15) is 0 Å². The fourth-order valence-electron chi connectivity index (χ4n) is 3.35. The first kappa shape index (κ1) is 21.2. The lowest BCUT2D eigenvalue weighted by Gasteiger charge is -2.26. The van der Waals surface area contributed by atoms with Crippen molar-refractivity contribution in [1.29, 1.82) is 10.8 Å². The van der Waals surface area contributed by atoms with Crippen LogP contribution >= 0.6 is 11.8 Å². The molecule has 1 aromatic heterocycles. The van der Waals surface area contributed by atoms with Crippen LogP contribution in [-0.4, -0.2) is 25.8 Å². The minimum absolute atomic E-state index is 0.399. The van der Waals surface area contributed by atoms with E-state index in [4.69, 9.17) is 10.8 Å². The Labute approximate surface area is 175 Å². The number of rotatable bonds is 7. The summed E-state index contributed by atoms with van der Waals surface area (Å²) in [4.78, 5) is 9.57. The van der Waals surface area contributed by atoms with E-state index in [1.165, 1.54) is 18.1 Å². The third kappa shape index (κ3) is 4.11. The van der Waals surface area contributed by atoms with E-state index in [1.807, 2.05) is 45.0 Å². The SMILES string of the molecule is CCC(O)(CC)c1ccc(CNc2ncnc3c2SC(=N)/C3=C(/C)C(C)=N)cc1. The van der Waals surface area contributed by atoms with Gasteiger partial charge in [0.05, 0.1) is 16.2 Å². The summed E-state index contributed by atoms with van der Waals surface area (Å²) in [5.74, 6) is 0.692.